The van der Waals surface area contributed by atoms with Gasteiger partial charge in [0.25, 0.3) is 0 Å². The van der Waals surface area contributed by atoms with E-state index >= 15 is 0 Å². The molecule has 1 aliphatic heterocycles. The summed E-state index contributed by atoms with van der Waals surface area (Å²) in [6.45, 7) is 14.9. The highest BCUT2D eigenvalue weighted by Crippen LogP contribution is 2.56. The number of para-hydroxylation sites is 4. The average Bonchev–Trinajstić information content (AvgIpc) is 4.08. The molecule has 2 aliphatic carbocycles. The zero-order valence-corrected chi connectivity index (χ0v) is 39.5. The quantitative estimate of drug-likeness (QED) is 0.162. The van der Waals surface area contributed by atoms with Crippen molar-refractivity contribution in [1.29, 1.82) is 0 Å². The van der Waals surface area contributed by atoms with E-state index in [4.69, 9.17) is 8.83 Å². The minimum absolute atomic E-state index is 0.165. The molecule has 3 heteroatoms. The van der Waals surface area contributed by atoms with Gasteiger partial charge in [-0.15, -0.1) is 0 Å². The fraction of sp³-hybridized carbons (Fsp3) is 0.125. The summed E-state index contributed by atoms with van der Waals surface area (Å²) in [4.78, 5) is 0. The molecule has 3 aliphatic rings. The Hall–Kier alpha value is -7.46. The second-order valence-electron chi connectivity index (χ2n) is 21.2. The molecule has 0 saturated heterocycles. The second kappa shape index (κ2) is 12.5. The largest absolute Gasteiger partial charge is 0.455 e. The molecule has 0 amide bonds. The van der Waals surface area contributed by atoms with Crippen molar-refractivity contribution in [2.75, 3.05) is 0 Å². The molecule has 0 atom stereocenters. The van der Waals surface area contributed by atoms with Crippen LogP contribution in [-0.4, -0.2) is 8.07 Å². The highest BCUT2D eigenvalue weighted by molar-refractivity contribution is 7.04. The molecule has 12 aromatic rings. The smallest absolute Gasteiger partial charge is 0.143 e. The van der Waals surface area contributed by atoms with Crippen LogP contribution in [0.4, 0.5) is 0 Å². The first-order valence-corrected chi connectivity index (χ1v) is 26.8. The van der Waals surface area contributed by atoms with Crippen LogP contribution in [0.3, 0.4) is 0 Å². The molecule has 0 unspecified atom stereocenters. The lowest BCUT2D eigenvalue weighted by atomic mass is 9.78. The van der Waals surface area contributed by atoms with E-state index in [2.05, 4.69) is 205 Å². The van der Waals surface area contributed by atoms with E-state index in [-0.39, 0.29) is 10.8 Å². The average molecular weight is 875 g/mol. The first-order chi connectivity index (χ1) is 32.5. The Balaban J connectivity index is 0.874. The predicted octanol–water partition coefficient (Wildman–Crippen LogP) is 16.5. The summed E-state index contributed by atoms with van der Waals surface area (Å²) in [7, 11) is -2.15. The summed E-state index contributed by atoms with van der Waals surface area (Å²) in [5.74, 6) is 0. The number of rotatable bonds is 2. The summed E-state index contributed by atoms with van der Waals surface area (Å²) in [5.41, 5.74) is 22.2. The van der Waals surface area contributed by atoms with Gasteiger partial charge >= 0.3 is 0 Å². The fourth-order valence-electron chi connectivity index (χ4n) is 13.2. The Kier molecular flexibility index (Phi) is 7.04. The van der Waals surface area contributed by atoms with E-state index in [0.29, 0.717) is 0 Å². The number of fused-ring (bicyclic) bond motifs is 18. The van der Waals surface area contributed by atoms with Crippen molar-refractivity contribution >= 4 is 83.9 Å². The van der Waals surface area contributed by atoms with Crippen molar-refractivity contribution in [3.8, 4) is 55.6 Å². The Bertz CT molecular complexity index is 4250. The van der Waals surface area contributed by atoms with Crippen LogP contribution in [-0.2, 0) is 10.8 Å². The Morgan fingerprint density at radius 3 is 1.54 bits per heavy atom. The van der Waals surface area contributed by atoms with Gasteiger partial charge in [-0.25, -0.2) is 0 Å². The first-order valence-electron chi connectivity index (χ1n) is 23.8. The molecule has 0 bridgehead atoms. The zero-order valence-electron chi connectivity index (χ0n) is 38.5. The highest BCUT2D eigenvalue weighted by Gasteiger charge is 2.46. The molecule has 0 N–H and O–H groups in total. The molecule has 318 valence electrons. The summed E-state index contributed by atoms with van der Waals surface area (Å²) in [6, 6.07) is 63.9. The molecule has 0 saturated carbocycles. The summed E-state index contributed by atoms with van der Waals surface area (Å²) >= 11 is 0. The van der Waals surface area contributed by atoms with Gasteiger partial charge in [0.2, 0.25) is 0 Å². The number of hydrogen-bond acceptors (Lipinski definition) is 2. The third kappa shape index (κ3) is 4.75. The minimum atomic E-state index is -2.15. The molecule has 10 aromatic carbocycles. The maximum absolute atomic E-state index is 6.68. The lowest BCUT2D eigenvalue weighted by molar-refractivity contribution is 0.661. The van der Waals surface area contributed by atoms with Crippen molar-refractivity contribution in [2.45, 2.75) is 51.6 Å². The zero-order chi connectivity index (χ0) is 44.9. The van der Waals surface area contributed by atoms with Crippen LogP contribution in [0.5, 0.6) is 0 Å². The summed E-state index contributed by atoms with van der Waals surface area (Å²) < 4.78 is 13.2. The number of benzene rings is 10. The van der Waals surface area contributed by atoms with Crippen LogP contribution in [0, 0.1) is 0 Å². The molecule has 0 radical (unpaired) electrons. The minimum Gasteiger partial charge on any atom is -0.455 e. The van der Waals surface area contributed by atoms with Gasteiger partial charge in [-0.3, -0.25) is 0 Å². The Morgan fingerprint density at radius 2 is 0.866 bits per heavy atom. The van der Waals surface area contributed by atoms with E-state index < -0.39 is 8.07 Å². The lowest BCUT2D eigenvalue weighted by Crippen LogP contribution is -2.49. The SMILES string of the molecule is CC1(C)c2cc3c(cc2-c2cc4ccc(-c5cccc6c5oc5ccccc56)cc4cc21)[Si](C)(C)c1cc2c(cc1-3)C(C)(C)c1c-2cc(-c2cccc3c2oc2ccccc23)c2ccccc12. The molecule has 3 heterocycles. The van der Waals surface area contributed by atoms with E-state index in [9.17, 15) is 0 Å². The molecule has 2 aromatic heterocycles. The fourth-order valence-corrected chi connectivity index (χ4v) is 16.3. The van der Waals surface area contributed by atoms with Gasteiger partial charge in [0, 0.05) is 43.5 Å². The van der Waals surface area contributed by atoms with Crippen LogP contribution < -0.4 is 10.4 Å². The van der Waals surface area contributed by atoms with Crippen LogP contribution in [0.2, 0.25) is 13.1 Å². The molecular weight excluding hydrogens is 829 g/mol. The van der Waals surface area contributed by atoms with E-state index in [1.165, 1.54) is 88.3 Å². The van der Waals surface area contributed by atoms with Crippen molar-refractivity contribution in [3.63, 3.8) is 0 Å². The van der Waals surface area contributed by atoms with Crippen molar-refractivity contribution in [3.05, 3.63) is 192 Å². The van der Waals surface area contributed by atoms with Gasteiger partial charge in [-0.1, -0.05) is 162 Å². The standard InChI is InChI=1S/C64H46O2Si/c1-63(2)53-29-37-27-36(38-19-13-20-43-40-16-9-11-23-56(40)65-61(38)43)26-25-35(37)28-47(53)48-33-58-50(31-54(48)63)51-32-55-49(34-59(51)67(58,5)6)52-30-46(39-15-7-8-18-42(39)60(52)64(55,3)4)45-22-14-21-44-41-17-10-12-24-57(41)66-62(44)45/h7-34H,1-6H3. The van der Waals surface area contributed by atoms with Gasteiger partial charge in [0.15, 0.2) is 0 Å². The van der Waals surface area contributed by atoms with Crippen molar-refractivity contribution in [1.82, 2.24) is 0 Å². The van der Waals surface area contributed by atoms with Gasteiger partial charge in [0.1, 0.15) is 30.4 Å². The van der Waals surface area contributed by atoms with Crippen molar-refractivity contribution in [2.24, 2.45) is 0 Å². The monoisotopic (exact) mass is 874 g/mol. The predicted molar refractivity (Wildman–Crippen MR) is 284 cm³/mol. The highest BCUT2D eigenvalue weighted by atomic mass is 28.3. The molecule has 0 spiro atoms. The molecular formula is C64H46O2Si. The molecule has 15 rings (SSSR count). The van der Waals surface area contributed by atoms with Crippen LogP contribution in [0.25, 0.3) is 121 Å². The van der Waals surface area contributed by atoms with Gasteiger partial charge in [-0.2, -0.15) is 0 Å². The van der Waals surface area contributed by atoms with Gasteiger partial charge in [0.05, 0.1) is 0 Å². The van der Waals surface area contributed by atoms with Crippen LogP contribution in [0.15, 0.2) is 179 Å². The first kappa shape index (κ1) is 37.7. The molecule has 67 heavy (non-hydrogen) atoms. The number of hydrogen-bond donors (Lipinski definition) is 0. The van der Waals surface area contributed by atoms with Gasteiger partial charge < -0.3 is 8.83 Å². The van der Waals surface area contributed by atoms with E-state index in [0.717, 1.165) is 55.0 Å². The third-order valence-corrected chi connectivity index (χ3v) is 20.1. The summed E-state index contributed by atoms with van der Waals surface area (Å²) in [5, 5.41) is 12.9. The topological polar surface area (TPSA) is 26.3 Å². The van der Waals surface area contributed by atoms with E-state index in [1.807, 2.05) is 6.07 Å². The Morgan fingerprint density at radius 1 is 0.343 bits per heavy atom. The van der Waals surface area contributed by atoms with Gasteiger partial charge in [-0.05, 0) is 147 Å². The van der Waals surface area contributed by atoms with Crippen molar-refractivity contribution < 1.29 is 8.83 Å². The Labute approximate surface area is 390 Å². The van der Waals surface area contributed by atoms with Crippen LogP contribution >= 0.6 is 0 Å². The van der Waals surface area contributed by atoms with E-state index in [1.54, 1.807) is 10.4 Å². The maximum atomic E-state index is 6.68. The number of furan rings is 2. The third-order valence-electron chi connectivity index (χ3n) is 16.6. The molecule has 2 nitrogen and oxygen atoms in total. The maximum Gasteiger partial charge on any atom is 0.143 e. The normalized spacial score (nSPS) is 15.7. The summed E-state index contributed by atoms with van der Waals surface area (Å²) in [6.07, 6.45) is 0. The molecule has 0 fully saturated rings. The van der Waals surface area contributed by atoms with Crippen LogP contribution in [0.1, 0.15) is 49.9 Å². The lowest BCUT2D eigenvalue weighted by Gasteiger charge is -2.25. The second-order valence-corrected chi connectivity index (χ2v) is 25.5.